The van der Waals surface area contributed by atoms with Gasteiger partial charge in [0.25, 0.3) is 10.0 Å². The number of para-hydroxylation sites is 1. The van der Waals surface area contributed by atoms with E-state index in [1.807, 2.05) is 13.0 Å². The zero-order valence-electron chi connectivity index (χ0n) is 12.6. The van der Waals surface area contributed by atoms with Gasteiger partial charge >= 0.3 is 6.61 Å². The van der Waals surface area contributed by atoms with Gasteiger partial charge in [-0.1, -0.05) is 12.1 Å². The van der Waals surface area contributed by atoms with Crippen LogP contribution in [0.5, 0.6) is 11.5 Å². The summed E-state index contributed by atoms with van der Waals surface area (Å²) in [5.74, 6) is 0.154. The number of aromatic nitrogens is 1. The minimum Gasteiger partial charge on any atom is -0.489 e. The number of pyridine rings is 1. The van der Waals surface area contributed by atoms with Crippen molar-refractivity contribution in [2.75, 3.05) is 4.72 Å². The fourth-order valence-corrected chi connectivity index (χ4v) is 3.61. The summed E-state index contributed by atoms with van der Waals surface area (Å²) in [7, 11) is -3.92. The molecule has 1 aromatic carbocycles. The van der Waals surface area contributed by atoms with Gasteiger partial charge in [0.05, 0.1) is 6.20 Å². The Kier molecular flexibility index (Phi) is 4.27. The SMILES string of the molecule is CC1Cc2cccc(S(=O)(=O)Nc3ccc(OC(F)F)cn3)c2O1. The number of anilines is 1. The summed E-state index contributed by atoms with van der Waals surface area (Å²) < 4.78 is 61.3. The van der Waals surface area contributed by atoms with Gasteiger partial charge < -0.3 is 9.47 Å². The number of benzene rings is 1. The van der Waals surface area contributed by atoms with Crippen molar-refractivity contribution in [2.24, 2.45) is 0 Å². The number of rotatable bonds is 5. The van der Waals surface area contributed by atoms with Crippen LogP contribution < -0.4 is 14.2 Å². The lowest BCUT2D eigenvalue weighted by molar-refractivity contribution is -0.0500. The van der Waals surface area contributed by atoms with E-state index in [0.29, 0.717) is 12.2 Å². The van der Waals surface area contributed by atoms with Crippen LogP contribution in [-0.4, -0.2) is 26.1 Å². The maximum Gasteiger partial charge on any atom is 0.387 e. The van der Waals surface area contributed by atoms with E-state index in [2.05, 4.69) is 14.4 Å². The molecule has 0 saturated carbocycles. The Hall–Kier alpha value is -2.42. The van der Waals surface area contributed by atoms with Gasteiger partial charge in [0.1, 0.15) is 28.3 Å². The number of alkyl halides is 2. The first-order valence-electron chi connectivity index (χ1n) is 7.07. The van der Waals surface area contributed by atoms with Gasteiger partial charge in [0.15, 0.2) is 0 Å². The van der Waals surface area contributed by atoms with Crippen LogP contribution in [0.25, 0.3) is 0 Å². The summed E-state index contributed by atoms with van der Waals surface area (Å²) >= 11 is 0. The van der Waals surface area contributed by atoms with Crippen molar-refractivity contribution in [2.45, 2.75) is 31.0 Å². The maximum absolute atomic E-state index is 12.5. The van der Waals surface area contributed by atoms with E-state index in [9.17, 15) is 17.2 Å². The molecule has 1 atom stereocenters. The number of hydrogen-bond donors (Lipinski definition) is 1. The van der Waals surface area contributed by atoms with Crippen LogP contribution in [0.3, 0.4) is 0 Å². The predicted molar refractivity (Wildman–Crippen MR) is 81.9 cm³/mol. The Balaban J connectivity index is 1.84. The van der Waals surface area contributed by atoms with E-state index in [-0.39, 0.29) is 22.6 Å². The van der Waals surface area contributed by atoms with E-state index in [0.717, 1.165) is 11.8 Å². The topological polar surface area (TPSA) is 77.5 Å². The molecule has 1 aromatic heterocycles. The highest BCUT2D eigenvalue weighted by molar-refractivity contribution is 7.92. The summed E-state index contributed by atoms with van der Waals surface area (Å²) in [6.45, 7) is -1.12. The van der Waals surface area contributed by atoms with E-state index >= 15 is 0 Å². The predicted octanol–water partition coefficient (Wildman–Crippen LogP) is 2.81. The molecule has 0 saturated heterocycles. The van der Waals surface area contributed by atoms with Crippen molar-refractivity contribution in [3.8, 4) is 11.5 Å². The largest absolute Gasteiger partial charge is 0.489 e. The first-order valence-corrected chi connectivity index (χ1v) is 8.56. The molecule has 2 aromatic rings. The van der Waals surface area contributed by atoms with Crippen LogP contribution in [0.2, 0.25) is 0 Å². The molecule has 9 heteroatoms. The lowest BCUT2D eigenvalue weighted by atomic mass is 10.1. The number of nitrogens with zero attached hydrogens (tertiary/aromatic N) is 1. The zero-order chi connectivity index (χ0) is 17.3. The van der Waals surface area contributed by atoms with E-state index < -0.39 is 16.6 Å². The second-order valence-electron chi connectivity index (χ2n) is 5.24. The quantitative estimate of drug-likeness (QED) is 0.891. The Labute approximate surface area is 137 Å². The van der Waals surface area contributed by atoms with Crippen LogP contribution in [-0.2, 0) is 16.4 Å². The molecule has 1 aliphatic rings. The minimum atomic E-state index is -3.92. The molecule has 0 amide bonds. The zero-order valence-corrected chi connectivity index (χ0v) is 13.4. The highest BCUT2D eigenvalue weighted by Crippen LogP contribution is 2.35. The Bertz CT molecular complexity index is 841. The molecule has 0 fully saturated rings. The molecular weight excluding hydrogens is 342 g/mol. The van der Waals surface area contributed by atoms with Gasteiger partial charge in [-0.3, -0.25) is 4.72 Å². The molecule has 0 aliphatic carbocycles. The molecule has 6 nitrogen and oxygen atoms in total. The Morgan fingerprint density at radius 3 is 2.79 bits per heavy atom. The summed E-state index contributed by atoms with van der Waals surface area (Å²) in [5.41, 5.74) is 0.819. The van der Waals surface area contributed by atoms with Crippen molar-refractivity contribution >= 4 is 15.8 Å². The van der Waals surface area contributed by atoms with Crippen molar-refractivity contribution in [1.29, 1.82) is 0 Å². The molecule has 1 aliphatic heterocycles. The fourth-order valence-electron chi connectivity index (χ4n) is 2.43. The van der Waals surface area contributed by atoms with Crippen LogP contribution in [0.15, 0.2) is 41.4 Å². The Morgan fingerprint density at radius 2 is 2.12 bits per heavy atom. The number of hydrogen-bond acceptors (Lipinski definition) is 5. The molecule has 0 radical (unpaired) electrons. The molecule has 128 valence electrons. The van der Waals surface area contributed by atoms with Crippen molar-refractivity contribution in [1.82, 2.24) is 4.98 Å². The van der Waals surface area contributed by atoms with Gasteiger partial charge in [-0.05, 0) is 30.7 Å². The average molecular weight is 356 g/mol. The average Bonchev–Trinajstić information content (AvgIpc) is 2.88. The second kappa shape index (κ2) is 6.23. The van der Waals surface area contributed by atoms with Crippen LogP contribution in [0.4, 0.5) is 14.6 Å². The molecule has 1 N–H and O–H groups in total. The smallest absolute Gasteiger partial charge is 0.387 e. The maximum atomic E-state index is 12.5. The molecule has 2 heterocycles. The third-order valence-corrected chi connectivity index (χ3v) is 4.76. The lowest BCUT2D eigenvalue weighted by Gasteiger charge is -2.12. The standard InChI is InChI=1S/C15H14F2N2O4S/c1-9-7-10-3-2-4-12(14(10)22-9)24(20,21)19-13-6-5-11(8-18-13)23-15(16)17/h2-6,8-9,15H,7H2,1H3,(H,18,19). The molecule has 0 bridgehead atoms. The van der Waals surface area contributed by atoms with Gasteiger partial charge in [0, 0.05) is 6.42 Å². The number of halogens is 2. The highest BCUT2D eigenvalue weighted by atomic mass is 32.2. The summed E-state index contributed by atoms with van der Waals surface area (Å²) in [4.78, 5) is 3.77. The number of ether oxygens (including phenoxy) is 2. The monoisotopic (exact) mass is 356 g/mol. The van der Waals surface area contributed by atoms with Crippen molar-refractivity contribution < 1.29 is 26.7 Å². The van der Waals surface area contributed by atoms with Crippen LogP contribution in [0.1, 0.15) is 12.5 Å². The van der Waals surface area contributed by atoms with E-state index in [4.69, 9.17) is 4.74 Å². The normalized spacial score (nSPS) is 16.6. The number of fused-ring (bicyclic) bond motifs is 1. The van der Waals surface area contributed by atoms with Gasteiger partial charge in [-0.2, -0.15) is 8.78 Å². The third kappa shape index (κ3) is 3.40. The van der Waals surface area contributed by atoms with Crippen LogP contribution in [0, 0.1) is 0 Å². The molecule has 24 heavy (non-hydrogen) atoms. The lowest BCUT2D eigenvalue weighted by Crippen LogP contribution is -2.15. The fraction of sp³-hybridized carbons (Fsp3) is 0.267. The molecule has 0 spiro atoms. The van der Waals surface area contributed by atoms with Crippen molar-refractivity contribution in [3.05, 3.63) is 42.1 Å². The van der Waals surface area contributed by atoms with Crippen LogP contribution >= 0.6 is 0 Å². The third-order valence-electron chi connectivity index (χ3n) is 3.38. The van der Waals surface area contributed by atoms with E-state index in [1.165, 1.54) is 18.2 Å². The summed E-state index contributed by atoms with van der Waals surface area (Å²) in [5, 5.41) is 0. The Morgan fingerprint density at radius 1 is 1.33 bits per heavy atom. The molecule has 1 unspecified atom stereocenters. The number of sulfonamides is 1. The highest BCUT2D eigenvalue weighted by Gasteiger charge is 2.28. The minimum absolute atomic E-state index is 0.0130. The first-order chi connectivity index (χ1) is 11.3. The molecule has 3 rings (SSSR count). The summed E-state index contributed by atoms with van der Waals surface area (Å²) in [6, 6.07) is 7.33. The molecular formula is C15H14F2N2O4S. The van der Waals surface area contributed by atoms with E-state index in [1.54, 1.807) is 6.07 Å². The van der Waals surface area contributed by atoms with Gasteiger partial charge in [-0.25, -0.2) is 13.4 Å². The number of nitrogens with one attached hydrogen (secondary N) is 1. The second-order valence-corrected chi connectivity index (χ2v) is 6.89. The van der Waals surface area contributed by atoms with Gasteiger partial charge in [-0.15, -0.1) is 0 Å². The van der Waals surface area contributed by atoms with Crippen molar-refractivity contribution in [3.63, 3.8) is 0 Å². The summed E-state index contributed by atoms with van der Waals surface area (Å²) in [6.07, 6.45) is 1.55. The first kappa shape index (κ1) is 16.4. The van der Waals surface area contributed by atoms with Gasteiger partial charge in [0.2, 0.25) is 0 Å².